The molecule has 0 aliphatic carbocycles. The Morgan fingerprint density at radius 2 is 2.00 bits per heavy atom. The van der Waals surface area contributed by atoms with Crippen LogP contribution in [0.2, 0.25) is 0 Å². The van der Waals surface area contributed by atoms with E-state index in [1.54, 1.807) is 13.1 Å². The van der Waals surface area contributed by atoms with Gasteiger partial charge in [0.2, 0.25) is 0 Å². The molecular weight excluding hydrogens is 178 g/mol. The molecule has 0 atom stereocenters. The van der Waals surface area contributed by atoms with E-state index >= 15 is 0 Å². The number of hydrogen-bond acceptors (Lipinski definition) is 2. The Bertz CT molecular complexity index is 238. The van der Waals surface area contributed by atoms with E-state index < -0.39 is 5.60 Å². The van der Waals surface area contributed by atoms with Gasteiger partial charge in [-0.1, -0.05) is 12.7 Å². The lowest BCUT2D eigenvalue weighted by Gasteiger charge is -2.25. The molecule has 3 nitrogen and oxygen atoms in total. The molecule has 0 saturated carbocycles. The largest absolute Gasteiger partial charge is 0.443 e. The van der Waals surface area contributed by atoms with Crippen LogP contribution in [0.25, 0.3) is 0 Å². The average Bonchev–Trinajstić information content (AvgIpc) is 2.00. The number of rotatable bonds is 3. The van der Waals surface area contributed by atoms with Crippen molar-refractivity contribution in [3.8, 4) is 0 Å². The van der Waals surface area contributed by atoms with Crippen molar-refractivity contribution in [1.82, 2.24) is 4.90 Å². The van der Waals surface area contributed by atoms with Gasteiger partial charge in [0, 0.05) is 19.2 Å². The van der Waals surface area contributed by atoms with E-state index in [2.05, 4.69) is 13.2 Å². The molecule has 0 radical (unpaired) electrons. The molecule has 0 saturated heterocycles. The molecule has 0 aliphatic rings. The SMILES string of the molecule is C=CCC(=C)N(C)C(=O)OC(C)(C)C. The van der Waals surface area contributed by atoms with Gasteiger partial charge in [-0.25, -0.2) is 4.79 Å². The molecule has 0 aromatic carbocycles. The lowest BCUT2D eigenvalue weighted by Crippen LogP contribution is -2.33. The zero-order chi connectivity index (χ0) is 11.4. The van der Waals surface area contributed by atoms with Crippen molar-refractivity contribution in [1.29, 1.82) is 0 Å². The number of carbonyl (C=O) groups excluding carboxylic acids is 1. The van der Waals surface area contributed by atoms with Gasteiger partial charge >= 0.3 is 6.09 Å². The first-order chi connectivity index (χ1) is 6.28. The smallest absolute Gasteiger partial charge is 0.414 e. The van der Waals surface area contributed by atoms with Crippen molar-refractivity contribution in [2.75, 3.05) is 7.05 Å². The summed E-state index contributed by atoms with van der Waals surface area (Å²) < 4.78 is 5.16. The molecule has 0 heterocycles. The van der Waals surface area contributed by atoms with Crippen LogP contribution in [0.4, 0.5) is 4.79 Å². The molecule has 0 N–H and O–H groups in total. The molecule has 0 aromatic rings. The van der Waals surface area contributed by atoms with E-state index in [-0.39, 0.29) is 6.09 Å². The van der Waals surface area contributed by atoms with Gasteiger partial charge in [0.15, 0.2) is 0 Å². The number of nitrogens with zero attached hydrogens (tertiary/aromatic N) is 1. The topological polar surface area (TPSA) is 29.5 Å². The molecule has 0 bridgehead atoms. The Labute approximate surface area is 86.0 Å². The highest BCUT2D eigenvalue weighted by atomic mass is 16.6. The molecule has 0 aliphatic heterocycles. The fourth-order valence-electron chi connectivity index (χ4n) is 0.763. The summed E-state index contributed by atoms with van der Waals surface area (Å²) in [5, 5.41) is 0. The zero-order valence-electron chi connectivity index (χ0n) is 9.46. The number of hydrogen-bond donors (Lipinski definition) is 0. The quantitative estimate of drug-likeness (QED) is 0.651. The normalized spacial score (nSPS) is 10.6. The van der Waals surface area contributed by atoms with E-state index in [1.807, 2.05) is 20.8 Å². The van der Waals surface area contributed by atoms with Gasteiger partial charge in [-0.15, -0.1) is 6.58 Å². The van der Waals surface area contributed by atoms with E-state index in [4.69, 9.17) is 4.74 Å². The van der Waals surface area contributed by atoms with E-state index in [0.717, 1.165) is 0 Å². The predicted octanol–water partition coefficient (Wildman–Crippen LogP) is 2.94. The number of carbonyl (C=O) groups is 1. The minimum absolute atomic E-state index is 0.385. The molecule has 0 aromatic heterocycles. The molecule has 3 heteroatoms. The van der Waals surface area contributed by atoms with Crippen molar-refractivity contribution in [3.05, 3.63) is 24.9 Å². The number of ether oxygens (including phenoxy) is 1. The summed E-state index contributed by atoms with van der Waals surface area (Å²) in [4.78, 5) is 12.9. The van der Waals surface area contributed by atoms with Crippen molar-refractivity contribution in [2.45, 2.75) is 32.8 Å². The Kier molecular flexibility index (Phi) is 4.41. The predicted molar refractivity (Wildman–Crippen MR) is 58.0 cm³/mol. The van der Waals surface area contributed by atoms with E-state index in [1.165, 1.54) is 4.90 Å². The van der Waals surface area contributed by atoms with Crippen LogP contribution in [-0.4, -0.2) is 23.6 Å². The third kappa shape index (κ3) is 4.70. The highest BCUT2D eigenvalue weighted by Gasteiger charge is 2.20. The summed E-state index contributed by atoms with van der Waals surface area (Å²) in [6.07, 6.45) is 1.89. The van der Waals surface area contributed by atoms with Crippen molar-refractivity contribution >= 4 is 6.09 Å². The first-order valence-electron chi connectivity index (χ1n) is 4.53. The number of amides is 1. The summed E-state index contributed by atoms with van der Waals surface area (Å²) in [6, 6.07) is 0. The second kappa shape index (κ2) is 4.84. The minimum atomic E-state index is -0.472. The van der Waals surface area contributed by atoms with E-state index in [0.29, 0.717) is 12.1 Å². The van der Waals surface area contributed by atoms with Crippen LogP contribution in [0.5, 0.6) is 0 Å². The molecule has 1 amide bonds. The van der Waals surface area contributed by atoms with Gasteiger partial charge in [-0.2, -0.15) is 0 Å². The maximum atomic E-state index is 11.5. The zero-order valence-corrected chi connectivity index (χ0v) is 9.46. The summed E-state index contributed by atoms with van der Waals surface area (Å²) in [5.41, 5.74) is 0.203. The fraction of sp³-hybridized carbons (Fsp3) is 0.545. The lowest BCUT2D eigenvalue weighted by atomic mass is 10.2. The summed E-state index contributed by atoms with van der Waals surface area (Å²) >= 11 is 0. The third-order valence-corrected chi connectivity index (χ3v) is 1.52. The first-order valence-corrected chi connectivity index (χ1v) is 4.53. The number of allylic oxidation sites excluding steroid dienone is 1. The Morgan fingerprint density at radius 1 is 1.50 bits per heavy atom. The Balaban J connectivity index is 4.26. The first kappa shape index (κ1) is 12.8. The molecule has 0 unspecified atom stereocenters. The van der Waals surface area contributed by atoms with Crippen LogP contribution in [0.1, 0.15) is 27.2 Å². The van der Waals surface area contributed by atoms with Gasteiger partial charge in [0.05, 0.1) is 0 Å². The average molecular weight is 197 g/mol. The molecule has 0 rings (SSSR count). The van der Waals surface area contributed by atoms with Crippen LogP contribution in [0.15, 0.2) is 24.9 Å². The van der Waals surface area contributed by atoms with Crippen molar-refractivity contribution in [3.63, 3.8) is 0 Å². The lowest BCUT2D eigenvalue weighted by molar-refractivity contribution is 0.0351. The fourth-order valence-corrected chi connectivity index (χ4v) is 0.763. The molecule has 80 valence electrons. The molecule has 0 fully saturated rings. The molecular formula is C11H19NO2. The maximum Gasteiger partial charge on any atom is 0.414 e. The second-order valence-corrected chi connectivity index (χ2v) is 4.10. The minimum Gasteiger partial charge on any atom is -0.443 e. The summed E-state index contributed by atoms with van der Waals surface area (Å²) in [7, 11) is 1.64. The third-order valence-electron chi connectivity index (χ3n) is 1.52. The van der Waals surface area contributed by atoms with Gasteiger partial charge in [0.25, 0.3) is 0 Å². The Hall–Kier alpha value is -1.25. The Morgan fingerprint density at radius 3 is 2.36 bits per heavy atom. The highest BCUT2D eigenvalue weighted by Crippen LogP contribution is 2.12. The van der Waals surface area contributed by atoms with E-state index in [9.17, 15) is 4.79 Å². The van der Waals surface area contributed by atoms with Crippen LogP contribution in [-0.2, 0) is 4.74 Å². The van der Waals surface area contributed by atoms with Crippen molar-refractivity contribution < 1.29 is 9.53 Å². The summed E-state index contributed by atoms with van der Waals surface area (Å²) in [6.45, 7) is 12.8. The van der Waals surface area contributed by atoms with Gasteiger partial charge < -0.3 is 4.74 Å². The van der Waals surface area contributed by atoms with Crippen LogP contribution in [0.3, 0.4) is 0 Å². The highest BCUT2D eigenvalue weighted by molar-refractivity contribution is 5.69. The van der Waals surface area contributed by atoms with Crippen LogP contribution >= 0.6 is 0 Å². The maximum absolute atomic E-state index is 11.5. The standard InChI is InChI=1S/C11H19NO2/c1-7-8-9(2)12(6)10(13)14-11(3,4)5/h7H,1-2,8H2,3-6H3. The molecule has 14 heavy (non-hydrogen) atoms. The van der Waals surface area contributed by atoms with Crippen molar-refractivity contribution in [2.24, 2.45) is 0 Å². The van der Waals surface area contributed by atoms with Gasteiger partial charge in [0.1, 0.15) is 5.60 Å². The van der Waals surface area contributed by atoms with Crippen LogP contribution in [0, 0.1) is 0 Å². The van der Waals surface area contributed by atoms with Crippen LogP contribution < -0.4 is 0 Å². The van der Waals surface area contributed by atoms with Gasteiger partial charge in [-0.3, -0.25) is 4.90 Å². The van der Waals surface area contributed by atoms with Gasteiger partial charge in [-0.05, 0) is 20.8 Å². The second-order valence-electron chi connectivity index (χ2n) is 4.10. The summed E-state index contributed by atoms with van der Waals surface area (Å²) in [5.74, 6) is 0. The monoisotopic (exact) mass is 197 g/mol. The molecule has 0 spiro atoms.